The molecule has 1 aromatic rings. The summed E-state index contributed by atoms with van der Waals surface area (Å²) in [5.74, 6) is 1.75. The van der Waals surface area contributed by atoms with Crippen LogP contribution in [-0.4, -0.2) is 6.54 Å². The van der Waals surface area contributed by atoms with Crippen molar-refractivity contribution in [3.8, 4) is 0 Å². The maximum Gasteiger partial charge on any atom is 0.0574 e. The Bertz CT molecular complexity index is 365. The highest BCUT2D eigenvalue weighted by Crippen LogP contribution is 2.29. The quantitative estimate of drug-likeness (QED) is 0.778. The van der Waals surface area contributed by atoms with Crippen molar-refractivity contribution in [2.24, 2.45) is 11.8 Å². The second-order valence-electron chi connectivity index (χ2n) is 5.60. The van der Waals surface area contributed by atoms with Crippen molar-refractivity contribution in [2.45, 2.75) is 39.5 Å². The van der Waals surface area contributed by atoms with E-state index in [4.69, 9.17) is 5.73 Å². The van der Waals surface area contributed by atoms with Crippen LogP contribution >= 0.6 is 0 Å². The molecule has 3 N–H and O–H groups in total. The highest BCUT2D eigenvalue weighted by atomic mass is 14.9. The van der Waals surface area contributed by atoms with Crippen LogP contribution in [0.3, 0.4) is 0 Å². The van der Waals surface area contributed by atoms with Crippen molar-refractivity contribution < 1.29 is 0 Å². The van der Waals surface area contributed by atoms with E-state index in [0.29, 0.717) is 0 Å². The fourth-order valence-corrected chi connectivity index (χ4v) is 2.63. The van der Waals surface area contributed by atoms with Gasteiger partial charge in [-0.1, -0.05) is 25.8 Å². The summed E-state index contributed by atoms with van der Waals surface area (Å²) in [4.78, 5) is 0. The van der Waals surface area contributed by atoms with Crippen LogP contribution in [0.15, 0.2) is 18.2 Å². The van der Waals surface area contributed by atoms with Gasteiger partial charge in [0.05, 0.1) is 11.4 Å². The van der Waals surface area contributed by atoms with Crippen molar-refractivity contribution in [3.63, 3.8) is 0 Å². The lowest BCUT2D eigenvalue weighted by molar-refractivity contribution is 0.300. The number of hydrogen-bond acceptors (Lipinski definition) is 2. The molecule has 0 atom stereocenters. The van der Waals surface area contributed by atoms with Crippen LogP contribution in [0.4, 0.5) is 11.4 Å². The molecule has 2 rings (SSSR count). The second-order valence-corrected chi connectivity index (χ2v) is 5.60. The van der Waals surface area contributed by atoms with Crippen molar-refractivity contribution in [1.82, 2.24) is 0 Å². The molecule has 17 heavy (non-hydrogen) atoms. The topological polar surface area (TPSA) is 38.0 Å². The molecule has 2 nitrogen and oxygen atoms in total. The van der Waals surface area contributed by atoms with Gasteiger partial charge < -0.3 is 11.1 Å². The van der Waals surface area contributed by atoms with E-state index in [0.717, 1.165) is 29.8 Å². The zero-order chi connectivity index (χ0) is 12.3. The van der Waals surface area contributed by atoms with Gasteiger partial charge in [0.15, 0.2) is 0 Å². The molecule has 0 bridgehead atoms. The number of benzene rings is 1. The summed E-state index contributed by atoms with van der Waals surface area (Å²) in [5.41, 5.74) is 9.18. The predicted molar refractivity (Wildman–Crippen MR) is 75.2 cm³/mol. The Kier molecular flexibility index (Phi) is 3.93. The second kappa shape index (κ2) is 5.44. The first-order valence-corrected chi connectivity index (χ1v) is 6.75. The fourth-order valence-electron chi connectivity index (χ4n) is 2.63. The number of nitrogens with one attached hydrogen (secondary N) is 1. The molecule has 0 unspecified atom stereocenters. The van der Waals surface area contributed by atoms with E-state index in [-0.39, 0.29) is 0 Å². The molecular weight excluding hydrogens is 208 g/mol. The molecule has 0 saturated heterocycles. The summed E-state index contributed by atoms with van der Waals surface area (Å²) < 4.78 is 0. The monoisotopic (exact) mass is 232 g/mol. The van der Waals surface area contributed by atoms with Crippen LogP contribution in [0.5, 0.6) is 0 Å². The van der Waals surface area contributed by atoms with Crippen molar-refractivity contribution in [1.29, 1.82) is 0 Å². The summed E-state index contributed by atoms with van der Waals surface area (Å²) in [6, 6.07) is 6.24. The minimum atomic E-state index is 0.826. The SMILES string of the molecule is Cc1ccc(NCC2CCC(C)CC2)c(N)c1. The summed E-state index contributed by atoms with van der Waals surface area (Å²) in [6.07, 6.45) is 5.49. The smallest absolute Gasteiger partial charge is 0.0574 e. The van der Waals surface area contributed by atoms with Crippen LogP contribution in [0.2, 0.25) is 0 Å². The fraction of sp³-hybridized carbons (Fsp3) is 0.600. The van der Waals surface area contributed by atoms with Crippen LogP contribution in [0.1, 0.15) is 38.2 Å². The Balaban J connectivity index is 1.85. The van der Waals surface area contributed by atoms with Gasteiger partial charge in [0.2, 0.25) is 0 Å². The van der Waals surface area contributed by atoms with Gasteiger partial charge in [0.1, 0.15) is 0 Å². The maximum absolute atomic E-state index is 6.00. The summed E-state index contributed by atoms with van der Waals surface area (Å²) in [5, 5.41) is 3.50. The molecule has 0 heterocycles. The van der Waals surface area contributed by atoms with Gasteiger partial charge >= 0.3 is 0 Å². The number of nitrogens with two attached hydrogens (primary N) is 1. The number of anilines is 2. The lowest BCUT2D eigenvalue weighted by Gasteiger charge is -2.26. The maximum atomic E-state index is 6.00. The molecule has 94 valence electrons. The molecule has 1 aliphatic rings. The lowest BCUT2D eigenvalue weighted by Crippen LogP contribution is -2.20. The Morgan fingerprint density at radius 1 is 1.24 bits per heavy atom. The van der Waals surface area contributed by atoms with Gasteiger partial charge in [-0.05, 0) is 49.3 Å². The standard InChI is InChI=1S/C15H24N2/c1-11-3-6-13(7-4-11)10-17-15-8-5-12(2)9-14(15)16/h5,8-9,11,13,17H,3-4,6-7,10,16H2,1-2H3. The van der Waals surface area contributed by atoms with E-state index in [1.165, 1.54) is 31.2 Å². The highest BCUT2D eigenvalue weighted by molar-refractivity contribution is 5.66. The first-order chi connectivity index (χ1) is 8.15. The summed E-state index contributed by atoms with van der Waals surface area (Å²) in [7, 11) is 0. The van der Waals surface area contributed by atoms with Crippen LogP contribution < -0.4 is 11.1 Å². The molecule has 0 aliphatic heterocycles. The minimum absolute atomic E-state index is 0.826. The summed E-state index contributed by atoms with van der Waals surface area (Å²) in [6.45, 7) is 5.50. The average molecular weight is 232 g/mol. The predicted octanol–water partition coefficient (Wildman–Crippen LogP) is 3.82. The van der Waals surface area contributed by atoms with E-state index in [2.05, 4.69) is 31.3 Å². The molecule has 1 saturated carbocycles. The molecule has 0 amide bonds. The number of hydrogen-bond donors (Lipinski definition) is 2. The van der Waals surface area contributed by atoms with Crippen LogP contribution in [0.25, 0.3) is 0 Å². The van der Waals surface area contributed by atoms with Crippen molar-refractivity contribution in [3.05, 3.63) is 23.8 Å². The Hall–Kier alpha value is -1.18. The van der Waals surface area contributed by atoms with E-state index < -0.39 is 0 Å². The van der Waals surface area contributed by atoms with E-state index in [9.17, 15) is 0 Å². The third-order valence-electron chi connectivity index (χ3n) is 3.92. The van der Waals surface area contributed by atoms with Gasteiger partial charge in [0.25, 0.3) is 0 Å². The zero-order valence-corrected chi connectivity index (χ0v) is 11.0. The Labute approximate surface area is 105 Å². The normalized spacial score (nSPS) is 24.6. The zero-order valence-electron chi connectivity index (χ0n) is 11.0. The lowest BCUT2D eigenvalue weighted by atomic mass is 9.83. The van der Waals surface area contributed by atoms with Gasteiger partial charge in [-0.3, -0.25) is 0 Å². The van der Waals surface area contributed by atoms with Gasteiger partial charge in [0, 0.05) is 6.54 Å². The van der Waals surface area contributed by atoms with E-state index >= 15 is 0 Å². The van der Waals surface area contributed by atoms with E-state index in [1.807, 2.05) is 6.07 Å². The molecule has 0 aromatic heterocycles. The first-order valence-electron chi connectivity index (χ1n) is 6.75. The average Bonchev–Trinajstić information content (AvgIpc) is 2.30. The Morgan fingerprint density at radius 3 is 2.59 bits per heavy atom. The molecule has 0 spiro atoms. The molecule has 1 fully saturated rings. The van der Waals surface area contributed by atoms with Crippen molar-refractivity contribution in [2.75, 3.05) is 17.6 Å². The van der Waals surface area contributed by atoms with Crippen LogP contribution in [0, 0.1) is 18.8 Å². The Morgan fingerprint density at radius 2 is 1.94 bits per heavy atom. The van der Waals surface area contributed by atoms with Gasteiger partial charge in [-0.2, -0.15) is 0 Å². The van der Waals surface area contributed by atoms with Gasteiger partial charge in [-0.15, -0.1) is 0 Å². The first kappa shape index (κ1) is 12.3. The molecular formula is C15H24N2. The number of rotatable bonds is 3. The largest absolute Gasteiger partial charge is 0.397 e. The number of aryl methyl sites for hydroxylation is 1. The summed E-state index contributed by atoms with van der Waals surface area (Å²) >= 11 is 0. The molecule has 1 aliphatic carbocycles. The molecule has 0 radical (unpaired) electrons. The minimum Gasteiger partial charge on any atom is -0.397 e. The number of nitrogen functional groups attached to an aromatic ring is 1. The van der Waals surface area contributed by atoms with Crippen molar-refractivity contribution >= 4 is 11.4 Å². The molecule has 2 heteroatoms. The third-order valence-corrected chi connectivity index (χ3v) is 3.92. The third kappa shape index (κ3) is 3.39. The molecule has 1 aromatic carbocycles. The highest BCUT2D eigenvalue weighted by Gasteiger charge is 2.17. The van der Waals surface area contributed by atoms with E-state index in [1.54, 1.807) is 0 Å². The van der Waals surface area contributed by atoms with Crippen LogP contribution in [-0.2, 0) is 0 Å². The van der Waals surface area contributed by atoms with Gasteiger partial charge in [-0.25, -0.2) is 0 Å².